The van der Waals surface area contributed by atoms with Crippen LogP contribution in [0.15, 0.2) is 60.6 Å². The third kappa shape index (κ3) is 3.70. The standard InChI is InChI=1S/C26H26FN3O2/c1-17-15-29(16-28-17)24-11-6-18(13-25(24)32-2)12-20-14-22-4-3-5-23(30(22)26(20)31)19-7-9-21(27)10-8-19/h6-13,15-16,22-23H,3-5,14H2,1-2H3/t22-,23+/m1/s1. The van der Waals surface area contributed by atoms with E-state index in [2.05, 4.69) is 4.98 Å². The summed E-state index contributed by atoms with van der Waals surface area (Å²) >= 11 is 0. The molecular formula is C26H26FN3O2. The van der Waals surface area contributed by atoms with E-state index in [1.807, 2.05) is 46.9 Å². The van der Waals surface area contributed by atoms with Crippen LogP contribution in [0.5, 0.6) is 5.75 Å². The number of hydrogen-bond donors (Lipinski definition) is 0. The first-order chi connectivity index (χ1) is 15.5. The molecule has 0 radical (unpaired) electrons. The molecule has 3 heterocycles. The Morgan fingerprint density at radius 3 is 2.69 bits per heavy atom. The molecule has 32 heavy (non-hydrogen) atoms. The molecule has 2 aliphatic rings. The minimum absolute atomic E-state index is 0.00847. The van der Waals surface area contributed by atoms with Gasteiger partial charge in [-0.1, -0.05) is 18.2 Å². The number of methoxy groups -OCH3 is 1. The molecule has 3 aromatic rings. The minimum Gasteiger partial charge on any atom is -0.495 e. The maximum absolute atomic E-state index is 13.4. The van der Waals surface area contributed by atoms with Gasteiger partial charge in [0.15, 0.2) is 0 Å². The molecule has 2 saturated heterocycles. The van der Waals surface area contributed by atoms with Crippen molar-refractivity contribution in [2.75, 3.05) is 7.11 Å². The molecule has 2 fully saturated rings. The summed E-state index contributed by atoms with van der Waals surface area (Å²) in [6.45, 7) is 1.95. The number of piperidine rings is 1. The first kappa shape index (κ1) is 20.5. The number of hydrogen-bond acceptors (Lipinski definition) is 3. The average Bonchev–Trinajstić information content (AvgIpc) is 3.37. The second-order valence-electron chi connectivity index (χ2n) is 8.59. The van der Waals surface area contributed by atoms with Crippen molar-refractivity contribution in [2.24, 2.45) is 0 Å². The van der Waals surface area contributed by atoms with Crippen molar-refractivity contribution in [1.82, 2.24) is 14.5 Å². The lowest BCUT2D eigenvalue weighted by Crippen LogP contribution is -2.39. The third-order valence-corrected chi connectivity index (χ3v) is 6.50. The number of imidazole rings is 1. The second-order valence-corrected chi connectivity index (χ2v) is 8.59. The Balaban J connectivity index is 1.43. The largest absolute Gasteiger partial charge is 0.495 e. The van der Waals surface area contributed by atoms with Gasteiger partial charge in [-0.15, -0.1) is 0 Å². The van der Waals surface area contributed by atoms with Gasteiger partial charge in [-0.25, -0.2) is 9.37 Å². The summed E-state index contributed by atoms with van der Waals surface area (Å²) in [7, 11) is 1.65. The van der Waals surface area contributed by atoms with Crippen LogP contribution in [0, 0.1) is 12.7 Å². The molecule has 1 aromatic heterocycles. The number of aromatic nitrogens is 2. The van der Waals surface area contributed by atoms with Crippen molar-refractivity contribution < 1.29 is 13.9 Å². The number of halogens is 1. The smallest absolute Gasteiger partial charge is 0.250 e. The van der Waals surface area contributed by atoms with Crippen LogP contribution in [0.1, 0.15) is 48.5 Å². The van der Waals surface area contributed by atoms with E-state index in [0.29, 0.717) is 0 Å². The van der Waals surface area contributed by atoms with Gasteiger partial charge >= 0.3 is 0 Å². The minimum atomic E-state index is -0.252. The van der Waals surface area contributed by atoms with Gasteiger partial charge in [-0.2, -0.15) is 0 Å². The molecule has 2 atom stereocenters. The molecule has 0 unspecified atom stereocenters. The fraction of sp³-hybridized carbons (Fsp3) is 0.308. The van der Waals surface area contributed by atoms with Crippen LogP contribution in [0.4, 0.5) is 4.39 Å². The summed E-state index contributed by atoms with van der Waals surface area (Å²) in [5.41, 5.74) is 4.59. The number of ether oxygens (including phenoxy) is 1. The van der Waals surface area contributed by atoms with Gasteiger partial charge in [0, 0.05) is 17.8 Å². The molecule has 6 heteroatoms. The normalized spacial score (nSPS) is 21.8. The molecule has 0 bridgehead atoms. The van der Waals surface area contributed by atoms with E-state index in [1.54, 1.807) is 25.6 Å². The number of benzene rings is 2. The summed E-state index contributed by atoms with van der Waals surface area (Å²) in [5.74, 6) is 0.555. The first-order valence-electron chi connectivity index (χ1n) is 11.0. The zero-order valence-electron chi connectivity index (χ0n) is 18.3. The maximum Gasteiger partial charge on any atom is 0.250 e. The highest BCUT2D eigenvalue weighted by Gasteiger charge is 2.42. The molecule has 2 aliphatic heterocycles. The van der Waals surface area contributed by atoms with Crippen molar-refractivity contribution in [3.05, 3.63) is 83.2 Å². The Kier molecular flexibility index (Phi) is 5.29. The summed E-state index contributed by atoms with van der Waals surface area (Å²) in [5, 5.41) is 0. The fourth-order valence-corrected chi connectivity index (χ4v) is 4.98. The summed E-state index contributed by atoms with van der Waals surface area (Å²) < 4.78 is 20.9. The number of carbonyl (C=O) groups is 1. The van der Waals surface area contributed by atoms with Gasteiger partial charge in [0.25, 0.3) is 5.91 Å². The van der Waals surface area contributed by atoms with Gasteiger partial charge < -0.3 is 14.2 Å². The van der Waals surface area contributed by atoms with Crippen LogP contribution in [-0.4, -0.2) is 33.5 Å². The zero-order valence-corrected chi connectivity index (χ0v) is 18.3. The molecule has 0 N–H and O–H groups in total. The van der Waals surface area contributed by atoms with E-state index in [-0.39, 0.29) is 23.8 Å². The van der Waals surface area contributed by atoms with E-state index < -0.39 is 0 Å². The molecule has 2 aromatic carbocycles. The van der Waals surface area contributed by atoms with Crippen molar-refractivity contribution in [1.29, 1.82) is 0 Å². The van der Waals surface area contributed by atoms with Crippen molar-refractivity contribution in [2.45, 2.75) is 44.7 Å². The van der Waals surface area contributed by atoms with Crippen LogP contribution < -0.4 is 4.74 Å². The second kappa shape index (κ2) is 8.26. The Hall–Kier alpha value is -3.41. The Labute approximate surface area is 187 Å². The highest BCUT2D eigenvalue weighted by Crippen LogP contribution is 2.42. The Bertz CT molecular complexity index is 1180. The molecule has 0 aliphatic carbocycles. The topological polar surface area (TPSA) is 47.4 Å². The lowest BCUT2D eigenvalue weighted by molar-refractivity contribution is -0.130. The van der Waals surface area contributed by atoms with Crippen LogP contribution in [-0.2, 0) is 4.79 Å². The molecule has 1 amide bonds. The summed E-state index contributed by atoms with van der Waals surface area (Å²) in [6.07, 6.45) is 9.41. The maximum atomic E-state index is 13.4. The van der Waals surface area contributed by atoms with Gasteiger partial charge in [0.1, 0.15) is 11.6 Å². The van der Waals surface area contributed by atoms with Gasteiger partial charge in [-0.3, -0.25) is 4.79 Å². The summed E-state index contributed by atoms with van der Waals surface area (Å²) in [6, 6.07) is 12.7. The number of carbonyl (C=O) groups excluding carboxylic acids is 1. The third-order valence-electron chi connectivity index (χ3n) is 6.50. The van der Waals surface area contributed by atoms with Crippen molar-refractivity contribution in [3.8, 4) is 11.4 Å². The van der Waals surface area contributed by atoms with Crippen LogP contribution in [0.2, 0.25) is 0 Å². The fourth-order valence-electron chi connectivity index (χ4n) is 4.98. The summed E-state index contributed by atoms with van der Waals surface area (Å²) in [4.78, 5) is 19.7. The highest BCUT2D eigenvalue weighted by atomic mass is 19.1. The van der Waals surface area contributed by atoms with Crippen LogP contribution in [0.25, 0.3) is 11.8 Å². The first-order valence-corrected chi connectivity index (χ1v) is 11.0. The van der Waals surface area contributed by atoms with E-state index in [4.69, 9.17) is 4.74 Å². The number of amides is 1. The predicted octanol–water partition coefficient (Wildman–Crippen LogP) is 5.24. The van der Waals surface area contributed by atoms with Crippen LogP contribution in [0.3, 0.4) is 0 Å². The number of nitrogens with zero attached hydrogens (tertiary/aromatic N) is 3. The molecule has 0 spiro atoms. The van der Waals surface area contributed by atoms with E-state index in [9.17, 15) is 9.18 Å². The number of fused-ring (bicyclic) bond motifs is 1. The molecule has 5 nitrogen and oxygen atoms in total. The van der Waals surface area contributed by atoms with Crippen LogP contribution >= 0.6 is 0 Å². The van der Waals surface area contributed by atoms with E-state index in [0.717, 1.165) is 59.5 Å². The SMILES string of the molecule is COc1cc(C=C2C[C@H]3CCC[C@@H](c4ccc(F)cc4)N3C2=O)ccc1-n1cnc(C)c1. The molecule has 5 rings (SSSR count). The molecular weight excluding hydrogens is 405 g/mol. The quantitative estimate of drug-likeness (QED) is 0.531. The molecule has 164 valence electrons. The molecule has 0 saturated carbocycles. The average molecular weight is 432 g/mol. The number of rotatable bonds is 4. The number of aryl methyl sites for hydroxylation is 1. The highest BCUT2D eigenvalue weighted by molar-refractivity contribution is 6.00. The van der Waals surface area contributed by atoms with E-state index >= 15 is 0 Å². The predicted molar refractivity (Wildman–Crippen MR) is 121 cm³/mol. The van der Waals surface area contributed by atoms with Gasteiger partial charge in [0.2, 0.25) is 0 Å². The van der Waals surface area contributed by atoms with Gasteiger partial charge in [-0.05, 0) is 74.1 Å². The lowest BCUT2D eigenvalue weighted by atomic mass is 9.91. The van der Waals surface area contributed by atoms with Gasteiger partial charge in [0.05, 0.1) is 30.9 Å². The zero-order chi connectivity index (χ0) is 22.2. The Morgan fingerprint density at radius 2 is 1.97 bits per heavy atom. The monoisotopic (exact) mass is 431 g/mol. The van der Waals surface area contributed by atoms with Crippen molar-refractivity contribution in [3.63, 3.8) is 0 Å². The lowest BCUT2D eigenvalue weighted by Gasteiger charge is -2.37. The Morgan fingerprint density at radius 1 is 1.16 bits per heavy atom. The van der Waals surface area contributed by atoms with E-state index in [1.165, 1.54) is 12.1 Å². The van der Waals surface area contributed by atoms with Crippen molar-refractivity contribution >= 4 is 12.0 Å².